The van der Waals surface area contributed by atoms with Crippen LogP contribution in [0.1, 0.15) is 42.5 Å². The molecule has 2 nitrogen and oxygen atoms in total. The molecule has 14 heavy (non-hydrogen) atoms. The van der Waals surface area contributed by atoms with Gasteiger partial charge in [-0.05, 0) is 30.8 Å². The third-order valence-corrected chi connectivity index (χ3v) is 2.88. The van der Waals surface area contributed by atoms with Gasteiger partial charge in [-0.1, -0.05) is 12.8 Å². The van der Waals surface area contributed by atoms with Gasteiger partial charge in [0.2, 0.25) is 0 Å². The fraction of sp³-hybridized carbons (Fsp3) is 0.545. The molecule has 0 amide bonds. The maximum absolute atomic E-state index is 11.5. The predicted molar refractivity (Wildman–Crippen MR) is 60.8 cm³/mol. The molecule has 1 rings (SSSR count). The van der Waals surface area contributed by atoms with Gasteiger partial charge in [0.05, 0.1) is 0 Å². The maximum Gasteiger partial charge on any atom is 0.163 e. The minimum absolute atomic E-state index is 0.277. The van der Waals surface area contributed by atoms with E-state index < -0.39 is 0 Å². The molecule has 0 fully saturated rings. The van der Waals surface area contributed by atoms with Crippen molar-refractivity contribution in [1.82, 2.24) is 0 Å². The van der Waals surface area contributed by atoms with E-state index in [2.05, 4.69) is 0 Å². The summed E-state index contributed by atoms with van der Waals surface area (Å²) in [6.45, 7) is 0.762. The molecule has 0 aliphatic rings. The zero-order chi connectivity index (χ0) is 10.2. The summed E-state index contributed by atoms with van der Waals surface area (Å²) in [5.74, 6) is 0.277. The number of thiophene rings is 1. The second-order valence-electron chi connectivity index (χ2n) is 3.39. The quantitative estimate of drug-likeness (QED) is 0.556. The Morgan fingerprint density at radius 3 is 2.71 bits per heavy atom. The van der Waals surface area contributed by atoms with E-state index >= 15 is 0 Å². The summed E-state index contributed by atoms with van der Waals surface area (Å²) in [5.41, 5.74) is 6.25. The van der Waals surface area contributed by atoms with Gasteiger partial charge in [0.25, 0.3) is 0 Å². The Kier molecular flexibility index (Phi) is 5.49. The summed E-state index contributed by atoms with van der Waals surface area (Å²) in [6, 6.07) is 1.90. The third-order valence-electron chi connectivity index (χ3n) is 2.20. The van der Waals surface area contributed by atoms with Gasteiger partial charge in [-0.15, -0.1) is 0 Å². The average molecular weight is 211 g/mol. The highest BCUT2D eigenvalue weighted by Gasteiger charge is 2.04. The summed E-state index contributed by atoms with van der Waals surface area (Å²) in [5, 5.41) is 3.86. The minimum Gasteiger partial charge on any atom is -0.330 e. The minimum atomic E-state index is 0.277. The predicted octanol–water partition coefficient (Wildman–Crippen LogP) is 2.84. The summed E-state index contributed by atoms with van der Waals surface area (Å²) in [7, 11) is 0. The van der Waals surface area contributed by atoms with Crippen molar-refractivity contribution >= 4 is 17.1 Å². The third kappa shape index (κ3) is 4.03. The van der Waals surface area contributed by atoms with Crippen molar-refractivity contribution in [3.63, 3.8) is 0 Å². The van der Waals surface area contributed by atoms with Crippen LogP contribution in [0.3, 0.4) is 0 Å². The van der Waals surface area contributed by atoms with Gasteiger partial charge in [-0.3, -0.25) is 4.79 Å². The number of nitrogens with two attached hydrogens (primary N) is 1. The van der Waals surface area contributed by atoms with Gasteiger partial charge in [-0.25, -0.2) is 0 Å². The molecule has 0 bridgehead atoms. The Labute approximate surface area is 89.1 Å². The zero-order valence-electron chi connectivity index (χ0n) is 8.37. The van der Waals surface area contributed by atoms with Gasteiger partial charge in [0.15, 0.2) is 5.78 Å². The van der Waals surface area contributed by atoms with Crippen LogP contribution < -0.4 is 5.73 Å². The first-order valence-corrected chi connectivity index (χ1v) is 6.04. The summed E-state index contributed by atoms with van der Waals surface area (Å²) in [4.78, 5) is 11.5. The Morgan fingerprint density at radius 1 is 1.29 bits per heavy atom. The molecule has 78 valence electrons. The highest BCUT2D eigenvalue weighted by molar-refractivity contribution is 7.08. The number of Topliss-reactive ketones (excluding diaryl/α,β-unsaturated/α-hetero) is 1. The number of carbonyl (C=O) groups excluding carboxylic acids is 1. The molecule has 0 aliphatic carbocycles. The van der Waals surface area contributed by atoms with Gasteiger partial charge in [-0.2, -0.15) is 11.3 Å². The molecule has 2 N–H and O–H groups in total. The standard InChI is InChI=1S/C11H17NOS/c12-7-4-2-1-3-5-11(13)10-6-8-14-9-10/h6,8-9H,1-5,7,12H2. The maximum atomic E-state index is 11.5. The fourth-order valence-electron chi connectivity index (χ4n) is 1.35. The Bertz CT molecular complexity index is 256. The first kappa shape index (κ1) is 11.4. The smallest absolute Gasteiger partial charge is 0.163 e. The van der Waals surface area contributed by atoms with Gasteiger partial charge >= 0.3 is 0 Å². The lowest BCUT2D eigenvalue weighted by atomic mass is 10.1. The molecule has 3 heteroatoms. The van der Waals surface area contributed by atoms with Crippen LogP contribution in [0.2, 0.25) is 0 Å². The number of unbranched alkanes of at least 4 members (excludes halogenated alkanes) is 3. The van der Waals surface area contributed by atoms with Crippen molar-refractivity contribution in [2.24, 2.45) is 5.73 Å². The van der Waals surface area contributed by atoms with E-state index in [0.717, 1.165) is 37.8 Å². The second-order valence-corrected chi connectivity index (χ2v) is 4.17. The molecular formula is C11H17NOS. The van der Waals surface area contributed by atoms with Crippen LogP contribution in [0, 0.1) is 0 Å². The van der Waals surface area contributed by atoms with Crippen LogP contribution in [0.25, 0.3) is 0 Å². The van der Waals surface area contributed by atoms with E-state index in [1.165, 1.54) is 0 Å². The van der Waals surface area contributed by atoms with Crippen molar-refractivity contribution in [2.45, 2.75) is 32.1 Å². The van der Waals surface area contributed by atoms with Crippen molar-refractivity contribution in [2.75, 3.05) is 6.54 Å². The van der Waals surface area contributed by atoms with Crippen LogP contribution in [0.15, 0.2) is 16.8 Å². The molecule has 0 saturated heterocycles. The van der Waals surface area contributed by atoms with Gasteiger partial charge < -0.3 is 5.73 Å². The van der Waals surface area contributed by atoms with Crippen molar-refractivity contribution < 1.29 is 4.79 Å². The molecule has 0 saturated carbocycles. The Balaban J connectivity index is 2.10. The fourth-order valence-corrected chi connectivity index (χ4v) is 2.01. The SMILES string of the molecule is NCCCCCCC(=O)c1ccsc1. The largest absolute Gasteiger partial charge is 0.330 e. The van der Waals surface area contributed by atoms with E-state index in [1.54, 1.807) is 11.3 Å². The molecule has 0 unspecified atom stereocenters. The molecule has 0 spiro atoms. The second kappa shape index (κ2) is 6.74. The first-order chi connectivity index (χ1) is 6.84. The number of carbonyl (C=O) groups is 1. The molecule has 0 radical (unpaired) electrons. The summed E-state index contributed by atoms with van der Waals surface area (Å²) >= 11 is 1.58. The van der Waals surface area contributed by atoms with Crippen LogP contribution in [-0.4, -0.2) is 12.3 Å². The van der Waals surface area contributed by atoms with Crippen molar-refractivity contribution in [1.29, 1.82) is 0 Å². The highest BCUT2D eigenvalue weighted by atomic mass is 32.1. The normalized spacial score (nSPS) is 10.4. The molecule has 1 aromatic rings. The molecule has 0 atom stereocenters. The lowest BCUT2D eigenvalue weighted by Crippen LogP contribution is -1.99. The van der Waals surface area contributed by atoms with E-state index in [0.29, 0.717) is 6.42 Å². The molecule has 1 heterocycles. The zero-order valence-corrected chi connectivity index (χ0v) is 9.19. The van der Waals surface area contributed by atoms with Crippen molar-refractivity contribution in [3.05, 3.63) is 22.4 Å². The van der Waals surface area contributed by atoms with Crippen molar-refractivity contribution in [3.8, 4) is 0 Å². The van der Waals surface area contributed by atoms with E-state index in [-0.39, 0.29) is 5.78 Å². The Hall–Kier alpha value is -0.670. The van der Waals surface area contributed by atoms with Crippen LogP contribution >= 0.6 is 11.3 Å². The van der Waals surface area contributed by atoms with Crippen LogP contribution in [-0.2, 0) is 0 Å². The molecular weight excluding hydrogens is 194 g/mol. The van der Waals surface area contributed by atoms with E-state index in [4.69, 9.17) is 5.73 Å². The first-order valence-electron chi connectivity index (χ1n) is 5.10. The summed E-state index contributed by atoms with van der Waals surface area (Å²) in [6.07, 6.45) is 5.02. The molecule has 0 aliphatic heterocycles. The summed E-state index contributed by atoms with van der Waals surface area (Å²) < 4.78 is 0. The van der Waals surface area contributed by atoms with E-state index in [1.807, 2.05) is 16.8 Å². The topological polar surface area (TPSA) is 43.1 Å². The molecule has 0 aromatic carbocycles. The molecule has 1 aromatic heterocycles. The highest BCUT2D eigenvalue weighted by Crippen LogP contribution is 2.11. The lowest BCUT2D eigenvalue weighted by Gasteiger charge is -1.98. The van der Waals surface area contributed by atoms with Crippen LogP contribution in [0.4, 0.5) is 0 Å². The van der Waals surface area contributed by atoms with Gasteiger partial charge in [0, 0.05) is 17.4 Å². The monoisotopic (exact) mass is 211 g/mol. The lowest BCUT2D eigenvalue weighted by molar-refractivity contribution is 0.0979. The number of ketones is 1. The van der Waals surface area contributed by atoms with Gasteiger partial charge in [0.1, 0.15) is 0 Å². The van der Waals surface area contributed by atoms with E-state index in [9.17, 15) is 4.79 Å². The van der Waals surface area contributed by atoms with Crippen LogP contribution in [0.5, 0.6) is 0 Å². The average Bonchev–Trinajstić information content (AvgIpc) is 2.70. The number of hydrogen-bond acceptors (Lipinski definition) is 3. The number of hydrogen-bond donors (Lipinski definition) is 1. The Morgan fingerprint density at radius 2 is 2.07 bits per heavy atom. The number of rotatable bonds is 7.